The highest BCUT2D eigenvalue weighted by atomic mass is 16.4. The lowest BCUT2D eigenvalue weighted by Gasteiger charge is -2.14. The van der Waals surface area contributed by atoms with Gasteiger partial charge in [0.05, 0.1) is 0 Å². The van der Waals surface area contributed by atoms with Gasteiger partial charge in [0.1, 0.15) is 12.3 Å². The molecule has 0 saturated heterocycles. The maximum Gasteiger partial charge on any atom is 0.321 e. The van der Waals surface area contributed by atoms with Crippen molar-refractivity contribution < 1.29 is 14.7 Å². The lowest BCUT2D eigenvalue weighted by atomic mass is 10.2. The molecular weight excluding hydrogens is 172 g/mol. The third kappa shape index (κ3) is 6.24. The van der Waals surface area contributed by atoms with Crippen LogP contribution in [0.2, 0.25) is 0 Å². The van der Waals surface area contributed by atoms with Crippen LogP contribution in [0.25, 0.3) is 0 Å². The highest BCUT2D eigenvalue weighted by molar-refractivity contribution is 5.76. The Morgan fingerprint density at radius 2 is 2.23 bits per heavy atom. The van der Waals surface area contributed by atoms with Crippen molar-refractivity contribution in [1.82, 2.24) is 10.2 Å². The molecular formula is C8H16N2O3. The molecule has 0 fully saturated rings. The van der Waals surface area contributed by atoms with E-state index in [1.165, 1.54) is 0 Å². The molecule has 1 unspecified atom stereocenters. The van der Waals surface area contributed by atoms with Gasteiger partial charge in [0.15, 0.2) is 0 Å². The number of carboxylic acid groups (broad SMARTS) is 1. The molecule has 0 radical (unpaired) electrons. The number of carbonyl (C=O) groups excluding carboxylic acids is 1. The maximum atomic E-state index is 10.5. The van der Waals surface area contributed by atoms with Crippen molar-refractivity contribution in [2.45, 2.75) is 12.5 Å². The molecule has 0 aromatic carbocycles. The van der Waals surface area contributed by atoms with Crippen LogP contribution in [0.4, 0.5) is 0 Å². The second-order valence-electron chi connectivity index (χ2n) is 3.05. The van der Waals surface area contributed by atoms with Crippen LogP contribution in [-0.2, 0) is 9.59 Å². The molecule has 0 saturated carbocycles. The molecule has 0 bridgehead atoms. The molecule has 0 aliphatic carbocycles. The van der Waals surface area contributed by atoms with Crippen LogP contribution < -0.4 is 5.32 Å². The number of hydrogen-bond donors (Lipinski definition) is 2. The molecule has 1 atom stereocenters. The van der Waals surface area contributed by atoms with E-state index >= 15 is 0 Å². The van der Waals surface area contributed by atoms with E-state index in [0.717, 1.165) is 6.54 Å². The van der Waals surface area contributed by atoms with Crippen LogP contribution in [-0.4, -0.2) is 55.5 Å². The van der Waals surface area contributed by atoms with Gasteiger partial charge in [-0.3, -0.25) is 4.79 Å². The first-order chi connectivity index (χ1) is 6.07. The zero-order chi connectivity index (χ0) is 10.3. The number of hydrogen-bond acceptors (Lipinski definition) is 4. The molecule has 5 heteroatoms. The number of nitrogens with zero attached hydrogens (tertiary/aromatic N) is 1. The number of aldehydes is 1. The molecule has 13 heavy (non-hydrogen) atoms. The monoisotopic (exact) mass is 188 g/mol. The van der Waals surface area contributed by atoms with Crippen LogP contribution in [0.5, 0.6) is 0 Å². The summed E-state index contributed by atoms with van der Waals surface area (Å²) >= 11 is 0. The Balaban J connectivity index is 3.69. The predicted molar refractivity (Wildman–Crippen MR) is 48.7 cm³/mol. The van der Waals surface area contributed by atoms with Gasteiger partial charge in [0.25, 0.3) is 0 Å². The van der Waals surface area contributed by atoms with Gasteiger partial charge in [-0.15, -0.1) is 0 Å². The lowest BCUT2D eigenvalue weighted by Crippen LogP contribution is -2.40. The van der Waals surface area contributed by atoms with Gasteiger partial charge in [0.2, 0.25) is 0 Å². The molecule has 0 aromatic heterocycles. The van der Waals surface area contributed by atoms with E-state index in [2.05, 4.69) is 5.32 Å². The fourth-order valence-electron chi connectivity index (χ4n) is 0.830. The van der Waals surface area contributed by atoms with Crippen LogP contribution in [0.3, 0.4) is 0 Å². The van der Waals surface area contributed by atoms with E-state index in [-0.39, 0.29) is 6.42 Å². The Labute approximate surface area is 77.7 Å². The first-order valence-corrected chi connectivity index (χ1v) is 4.12. The summed E-state index contributed by atoms with van der Waals surface area (Å²) in [5.41, 5.74) is 0. The zero-order valence-electron chi connectivity index (χ0n) is 7.99. The SMILES string of the molecule is CN(C)CCNC(CC=O)C(=O)O. The van der Waals surface area contributed by atoms with E-state index in [1.807, 2.05) is 19.0 Å². The van der Waals surface area contributed by atoms with E-state index in [0.29, 0.717) is 12.8 Å². The maximum absolute atomic E-state index is 10.5. The van der Waals surface area contributed by atoms with Crippen LogP contribution in [0, 0.1) is 0 Å². The summed E-state index contributed by atoms with van der Waals surface area (Å²) in [6.45, 7) is 1.32. The molecule has 0 aromatic rings. The largest absolute Gasteiger partial charge is 0.480 e. The fraction of sp³-hybridized carbons (Fsp3) is 0.750. The average molecular weight is 188 g/mol. The number of nitrogens with one attached hydrogen (secondary N) is 1. The fourth-order valence-corrected chi connectivity index (χ4v) is 0.830. The number of aliphatic carboxylic acids is 1. The minimum atomic E-state index is -0.981. The third-order valence-corrected chi connectivity index (χ3v) is 1.58. The summed E-state index contributed by atoms with van der Waals surface area (Å²) in [7, 11) is 3.80. The third-order valence-electron chi connectivity index (χ3n) is 1.58. The second-order valence-corrected chi connectivity index (χ2v) is 3.05. The van der Waals surface area contributed by atoms with Crippen molar-refractivity contribution in [3.05, 3.63) is 0 Å². The summed E-state index contributed by atoms with van der Waals surface area (Å²) in [6.07, 6.45) is 0.629. The smallest absolute Gasteiger partial charge is 0.321 e. The van der Waals surface area contributed by atoms with E-state index in [9.17, 15) is 9.59 Å². The first kappa shape index (κ1) is 12.1. The predicted octanol–water partition coefficient (Wildman–Crippen LogP) is -0.820. The van der Waals surface area contributed by atoms with Gasteiger partial charge in [0, 0.05) is 19.5 Å². The normalized spacial score (nSPS) is 12.8. The van der Waals surface area contributed by atoms with Gasteiger partial charge in [-0.1, -0.05) is 0 Å². The van der Waals surface area contributed by atoms with Gasteiger partial charge < -0.3 is 20.1 Å². The van der Waals surface area contributed by atoms with Crippen molar-refractivity contribution in [2.75, 3.05) is 27.2 Å². The van der Waals surface area contributed by atoms with Crippen LogP contribution >= 0.6 is 0 Å². The van der Waals surface area contributed by atoms with Gasteiger partial charge in [-0.2, -0.15) is 0 Å². The van der Waals surface area contributed by atoms with Crippen molar-refractivity contribution >= 4 is 12.3 Å². The molecule has 0 heterocycles. The average Bonchev–Trinajstić information content (AvgIpc) is 2.02. The van der Waals surface area contributed by atoms with Gasteiger partial charge in [-0.25, -0.2) is 0 Å². The Morgan fingerprint density at radius 1 is 1.62 bits per heavy atom. The van der Waals surface area contributed by atoms with Crippen molar-refractivity contribution in [2.24, 2.45) is 0 Å². The Bertz CT molecular complexity index is 171. The van der Waals surface area contributed by atoms with E-state index in [4.69, 9.17) is 5.11 Å². The molecule has 5 nitrogen and oxygen atoms in total. The number of carboxylic acids is 1. The minimum Gasteiger partial charge on any atom is -0.480 e. The minimum absolute atomic E-state index is 0.0166. The Morgan fingerprint density at radius 3 is 2.62 bits per heavy atom. The number of carbonyl (C=O) groups is 2. The molecule has 2 N–H and O–H groups in total. The molecule has 0 aliphatic heterocycles. The highest BCUT2D eigenvalue weighted by Crippen LogP contribution is 1.88. The Kier molecular flexibility index (Phi) is 6.09. The molecule has 0 amide bonds. The molecule has 0 spiro atoms. The standard InChI is InChI=1S/C8H16N2O3/c1-10(2)5-4-9-7(3-6-11)8(12)13/h6-7,9H,3-5H2,1-2H3,(H,12,13). The highest BCUT2D eigenvalue weighted by Gasteiger charge is 2.14. The van der Waals surface area contributed by atoms with Crippen LogP contribution in [0.1, 0.15) is 6.42 Å². The van der Waals surface area contributed by atoms with Gasteiger partial charge in [-0.05, 0) is 14.1 Å². The number of rotatable bonds is 7. The topological polar surface area (TPSA) is 69.6 Å². The second kappa shape index (κ2) is 6.56. The van der Waals surface area contributed by atoms with Crippen molar-refractivity contribution in [3.63, 3.8) is 0 Å². The summed E-state index contributed by atoms with van der Waals surface area (Å²) in [6, 6.07) is -0.752. The summed E-state index contributed by atoms with van der Waals surface area (Å²) < 4.78 is 0. The van der Waals surface area contributed by atoms with E-state index in [1.54, 1.807) is 0 Å². The lowest BCUT2D eigenvalue weighted by molar-refractivity contribution is -0.140. The molecule has 0 aliphatic rings. The molecule has 0 rings (SSSR count). The summed E-state index contributed by atoms with van der Waals surface area (Å²) in [5.74, 6) is -0.981. The molecule has 76 valence electrons. The van der Waals surface area contributed by atoms with Crippen LogP contribution in [0.15, 0.2) is 0 Å². The number of likely N-dealkylation sites (N-methyl/N-ethyl adjacent to an activating group) is 1. The summed E-state index contributed by atoms with van der Waals surface area (Å²) in [5, 5.41) is 11.4. The zero-order valence-corrected chi connectivity index (χ0v) is 7.99. The van der Waals surface area contributed by atoms with Crippen molar-refractivity contribution in [3.8, 4) is 0 Å². The van der Waals surface area contributed by atoms with Gasteiger partial charge >= 0.3 is 5.97 Å². The van der Waals surface area contributed by atoms with Crippen molar-refractivity contribution in [1.29, 1.82) is 0 Å². The quantitative estimate of drug-likeness (QED) is 0.511. The van der Waals surface area contributed by atoms with E-state index < -0.39 is 12.0 Å². The first-order valence-electron chi connectivity index (χ1n) is 4.12. The Hall–Kier alpha value is -0.940. The summed E-state index contributed by atoms with van der Waals surface area (Å²) in [4.78, 5) is 22.6.